The van der Waals surface area contributed by atoms with Crippen molar-refractivity contribution in [3.8, 4) is 0 Å². The van der Waals surface area contributed by atoms with Crippen molar-refractivity contribution >= 4 is 17.4 Å². The molecule has 0 aliphatic carbocycles. The normalized spacial score (nSPS) is 14.6. The van der Waals surface area contributed by atoms with Crippen LogP contribution in [0.4, 0.5) is 4.79 Å². The Balaban J connectivity index is 2.42. The summed E-state index contributed by atoms with van der Waals surface area (Å²) in [7, 11) is 0. The van der Waals surface area contributed by atoms with Crippen LogP contribution in [0.2, 0.25) is 0 Å². The van der Waals surface area contributed by atoms with E-state index in [1.165, 1.54) is 9.75 Å². The van der Waals surface area contributed by atoms with E-state index in [4.69, 9.17) is 4.74 Å². The fraction of sp³-hybridized carbons (Fsp3) is 0.688. The van der Waals surface area contributed by atoms with Gasteiger partial charge in [-0.2, -0.15) is 0 Å². The number of nitrogens with one attached hydrogen (secondary N) is 2. The van der Waals surface area contributed by atoms with E-state index in [1.54, 1.807) is 11.3 Å². The maximum atomic E-state index is 11.8. The van der Waals surface area contributed by atoms with Gasteiger partial charge in [0.25, 0.3) is 0 Å². The van der Waals surface area contributed by atoms with Gasteiger partial charge in [0, 0.05) is 28.4 Å². The summed E-state index contributed by atoms with van der Waals surface area (Å²) in [5.41, 5.74) is -0.461. The molecule has 4 nitrogen and oxygen atoms in total. The van der Waals surface area contributed by atoms with E-state index in [0.717, 1.165) is 13.0 Å². The van der Waals surface area contributed by atoms with Crippen LogP contribution in [0, 0.1) is 6.92 Å². The van der Waals surface area contributed by atoms with Crippen LogP contribution in [0.5, 0.6) is 0 Å². The highest BCUT2D eigenvalue weighted by atomic mass is 32.1. The van der Waals surface area contributed by atoms with Crippen molar-refractivity contribution in [2.75, 3.05) is 6.54 Å². The van der Waals surface area contributed by atoms with Crippen molar-refractivity contribution in [3.63, 3.8) is 0 Å². The fourth-order valence-electron chi connectivity index (χ4n) is 1.88. The van der Waals surface area contributed by atoms with Crippen molar-refractivity contribution in [2.45, 2.75) is 65.6 Å². The Hall–Kier alpha value is -1.07. The van der Waals surface area contributed by atoms with E-state index >= 15 is 0 Å². The molecule has 0 aliphatic heterocycles. The van der Waals surface area contributed by atoms with Crippen LogP contribution < -0.4 is 10.6 Å². The summed E-state index contributed by atoms with van der Waals surface area (Å²) >= 11 is 1.80. The van der Waals surface area contributed by atoms with Crippen molar-refractivity contribution in [1.82, 2.24) is 10.6 Å². The zero-order valence-corrected chi connectivity index (χ0v) is 14.8. The lowest BCUT2D eigenvalue weighted by Gasteiger charge is -2.24. The Morgan fingerprint density at radius 2 is 2.05 bits per heavy atom. The molecule has 0 spiro atoms. The molecule has 0 saturated heterocycles. The van der Waals surface area contributed by atoms with Gasteiger partial charge in [0.05, 0.1) is 0 Å². The number of ether oxygens (including phenoxy) is 1. The Kier molecular flexibility index (Phi) is 6.68. The molecule has 1 rings (SSSR count). The average Bonchev–Trinajstić information content (AvgIpc) is 2.78. The topological polar surface area (TPSA) is 50.4 Å². The van der Waals surface area contributed by atoms with Crippen molar-refractivity contribution in [1.29, 1.82) is 0 Å². The van der Waals surface area contributed by atoms with Gasteiger partial charge in [0.2, 0.25) is 0 Å². The molecule has 2 atom stereocenters. The summed E-state index contributed by atoms with van der Waals surface area (Å²) in [6.07, 6.45) is 0.512. The summed E-state index contributed by atoms with van der Waals surface area (Å²) in [5.74, 6) is 0. The highest BCUT2D eigenvalue weighted by Gasteiger charge is 2.19. The first kappa shape index (κ1) is 18.0. The first-order valence-corrected chi connectivity index (χ1v) is 8.32. The summed E-state index contributed by atoms with van der Waals surface area (Å²) in [6, 6.07) is 4.65. The van der Waals surface area contributed by atoms with E-state index in [2.05, 4.69) is 43.5 Å². The van der Waals surface area contributed by atoms with Gasteiger partial charge in [-0.3, -0.25) is 0 Å². The monoisotopic (exact) mass is 312 g/mol. The molecule has 0 fully saturated rings. The molecule has 120 valence electrons. The third-order valence-electron chi connectivity index (χ3n) is 3.07. The third-order valence-corrected chi connectivity index (χ3v) is 4.26. The molecule has 0 aliphatic rings. The second kappa shape index (κ2) is 7.80. The second-order valence-corrected chi connectivity index (χ2v) is 7.65. The van der Waals surface area contributed by atoms with Gasteiger partial charge in [0.15, 0.2) is 0 Å². The number of alkyl carbamates (subject to hydrolysis) is 1. The SMILES string of the molecule is CCC(CNC(C)c1ccc(C)s1)NC(=O)OC(C)(C)C. The number of carbonyl (C=O) groups is 1. The van der Waals surface area contributed by atoms with Crippen LogP contribution in [0.1, 0.15) is 56.8 Å². The van der Waals surface area contributed by atoms with E-state index in [1.807, 2.05) is 20.8 Å². The molecule has 1 amide bonds. The largest absolute Gasteiger partial charge is 0.444 e. The van der Waals surface area contributed by atoms with Gasteiger partial charge in [-0.05, 0) is 53.2 Å². The number of hydrogen-bond acceptors (Lipinski definition) is 4. The van der Waals surface area contributed by atoms with Gasteiger partial charge in [-0.25, -0.2) is 4.79 Å². The molecule has 0 radical (unpaired) electrons. The van der Waals surface area contributed by atoms with Crippen molar-refractivity contribution in [2.24, 2.45) is 0 Å². The number of thiophene rings is 1. The van der Waals surface area contributed by atoms with Gasteiger partial charge in [-0.15, -0.1) is 11.3 Å². The maximum Gasteiger partial charge on any atom is 0.407 e. The summed E-state index contributed by atoms with van der Waals surface area (Å²) in [5, 5.41) is 6.39. The Bertz CT molecular complexity index is 451. The molecule has 2 N–H and O–H groups in total. The standard InChI is InChI=1S/C16H28N2O2S/c1-7-13(18-15(19)20-16(4,5)6)10-17-12(3)14-9-8-11(2)21-14/h8-9,12-13,17H,7,10H2,1-6H3,(H,18,19). The van der Waals surface area contributed by atoms with E-state index in [0.29, 0.717) is 0 Å². The molecule has 1 aromatic heterocycles. The van der Waals surface area contributed by atoms with E-state index in [-0.39, 0.29) is 18.2 Å². The molecule has 21 heavy (non-hydrogen) atoms. The first-order valence-electron chi connectivity index (χ1n) is 7.50. The second-order valence-electron chi connectivity index (χ2n) is 6.33. The highest BCUT2D eigenvalue weighted by molar-refractivity contribution is 7.12. The van der Waals surface area contributed by atoms with Gasteiger partial charge in [0.1, 0.15) is 5.60 Å². The smallest absolute Gasteiger partial charge is 0.407 e. The molecule has 0 aromatic carbocycles. The molecule has 1 aromatic rings. The average molecular weight is 312 g/mol. The predicted molar refractivity (Wildman–Crippen MR) is 88.9 cm³/mol. The number of carbonyl (C=O) groups excluding carboxylic acids is 1. The van der Waals surface area contributed by atoms with Crippen molar-refractivity contribution < 1.29 is 9.53 Å². The van der Waals surface area contributed by atoms with Gasteiger partial charge < -0.3 is 15.4 Å². The predicted octanol–water partition coefficient (Wildman–Crippen LogP) is 4.01. The minimum absolute atomic E-state index is 0.0726. The van der Waals surface area contributed by atoms with Crippen molar-refractivity contribution in [3.05, 3.63) is 21.9 Å². The molecule has 0 bridgehead atoms. The molecular formula is C16H28N2O2S. The maximum absolute atomic E-state index is 11.8. The zero-order chi connectivity index (χ0) is 16.0. The van der Waals surface area contributed by atoms with E-state index < -0.39 is 5.60 Å². The van der Waals surface area contributed by atoms with Crippen LogP contribution in [0.25, 0.3) is 0 Å². The summed E-state index contributed by atoms with van der Waals surface area (Å²) in [4.78, 5) is 14.4. The quantitative estimate of drug-likeness (QED) is 0.834. The number of aryl methyl sites for hydroxylation is 1. The van der Waals surface area contributed by atoms with Gasteiger partial charge >= 0.3 is 6.09 Å². The van der Waals surface area contributed by atoms with Crippen LogP contribution in [0.3, 0.4) is 0 Å². The molecule has 5 heteroatoms. The minimum Gasteiger partial charge on any atom is -0.444 e. The van der Waals surface area contributed by atoms with Gasteiger partial charge in [-0.1, -0.05) is 6.92 Å². The Morgan fingerprint density at radius 1 is 1.38 bits per heavy atom. The first-order chi connectivity index (χ1) is 9.71. The Labute approximate surface area is 132 Å². The summed E-state index contributed by atoms with van der Waals surface area (Å²) in [6.45, 7) is 12.6. The number of hydrogen-bond donors (Lipinski definition) is 2. The molecule has 2 unspecified atom stereocenters. The summed E-state index contributed by atoms with van der Waals surface area (Å²) < 4.78 is 5.29. The Morgan fingerprint density at radius 3 is 2.52 bits per heavy atom. The number of amides is 1. The lowest BCUT2D eigenvalue weighted by Crippen LogP contribution is -2.44. The minimum atomic E-state index is -0.461. The fourth-order valence-corrected chi connectivity index (χ4v) is 2.78. The van der Waals surface area contributed by atoms with Crippen LogP contribution in [0.15, 0.2) is 12.1 Å². The van der Waals surface area contributed by atoms with E-state index in [9.17, 15) is 4.79 Å². The highest BCUT2D eigenvalue weighted by Crippen LogP contribution is 2.22. The van der Waals surface area contributed by atoms with Crippen LogP contribution in [-0.2, 0) is 4.74 Å². The molecule has 0 saturated carbocycles. The molecular weight excluding hydrogens is 284 g/mol. The molecule has 1 heterocycles. The zero-order valence-electron chi connectivity index (χ0n) is 13.9. The lowest BCUT2D eigenvalue weighted by molar-refractivity contribution is 0.0502. The van der Waals surface area contributed by atoms with Crippen LogP contribution >= 0.6 is 11.3 Å². The van der Waals surface area contributed by atoms with Crippen LogP contribution in [-0.4, -0.2) is 24.3 Å². The third kappa shape index (κ3) is 6.96. The lowest BCUT2D eigenvalue weighted by atomic mass is 10.2. The number of rotatable bonds is 6.